The molecule has 19 heavy (non-hydrogen) atoms. The monoisotopic (exact) mass is 256 g/mol. The van der Waals surface area contributed by atoms with Crippen molar-refractivity contribution in [3.05, 3.63) is 18.3 Å². The Balaban J connectivity index is 1.68. The van der Waals surface area contributed by atoms with E-state index in [-0.39, 0.29) is 0 Å². The summed E-state index contributed by atoms with van der Waals surface area (Å²) < 4.78 is 0. The quantitative estimate of drug-likeness (QED) is 0.809. The summed E-state index contributed by atoms with van der Waals surface area (Å²) in [6.07, 6.45) is 7.36. The molecular weight excluding hydrogens is 236 g/mol. The van der Waals surface area contributed by atoms with Crippen LogP contribution in [0.4, 0.5) is 11.4 Å². The Kier molecular flexibility index (Phi) is 2.43. The largest absolute Gasteiger partial charge is 0.397 e. The fraction of sp³-hybridized carbons (Fsp3) is 0.533. The molecule has 0 aliphatic heterocycles. The lowest BCUT2D eigenvalue weighted by molar-refractivity contribution is 0.680. The van der Waals surface area contributed by atoms with Crippen LogP contribution >= 0.6 is 0 Å². The maximum atomic E-state index is 6.26. The molecule has 0 amide bonds. The molecule has 0 saturated heterocycles. The summed E-state index contributed by atoms with van der Waals surface area (Å²) in [5.74, 6) is 1.77. The third-order valence-electron chi connectivity index (χ3n) is 4.28. The molecule has 2 fully saturated rings. The van der Waals surface area contributed by atoms with Gasteiger partial charge in [0.15, 0.2) is 0 Å². The van der Waals surface area contributed by atoms with Gasteiger partial charge in [0.05, 0.1) is 23.1 Å². The Labute approximate surface area is 113 Å². The molecule has 2 aliphatic carbocycles. The third kappa shape index (κ3) is 2.27. The van der Waals surface area contributed by atoms with E-state index in [2.05, 4.69) is 21.2 Å². The van der Waals surface area contributed by atoms with E-state index in [1.165, 1.54) is 44.5 Å². The maximum Gasteiger partial charge on any atom is 0.0672 e. The number of aromatic amines is 1. The molecule has 4 rings (SSSR count). The van der Waals surface area contributed by atoms with Gasteiger partial charge in [-0.3, -0.25) is 5.10 Å². The molecule has 4 nitrogen and oxygen atoms in total. The van der Waals surface area contributed by atoms with Crippen LogP contribution in [-0.2, 0) is 0 Å². The number of nitrogens with two attached hydrogens (primary N) is 1. The number of H-pyrrole nitrogens is 1. The van der Waals surface area contributed by atoms with Gasteiger partial charge in [-0.1, -0.05) is 0 Å². The summed E-state index contributed by atoms with van der Waals surface area (Å²) in [4.78, 5) is 2.50. The van der Waals surface area contributed by atoms with Gasteiger partial charge in [-0.2, -0.15) is 5.10 Å². The molecular formula is C15H20N4. The minimum absolute atomic E-state index is 0.884. The number of benzene rings is 1. The first kappa shape index (κ1) is 11.1. The normalized spacial score (nSPS) is 18.9. The number of anilines is 2. The van der Waals surface area contributed by atoms with Crippen molar-refractivity contribution < 1.29 is 0 Å². The number of fused-ring (bicyclic) bond motifs is 1. The second-order valence-corrected chi connectivity index (χ2v) is 6.16. The number of aromatic nitrogens is 2. The van der Waals surface area contributed by atoms with Crippen molar-refractivity contribution in [1.29, 1.82) is 0 Å². The maximum absolute atomic E-state index is 6.26. The molecule has 1 aromatic carbocycles. The lowest BCUT2D eigenvalue weighted by atomic mass is 10.1. The van der Waals surface area contributed by atoms with Crippen LogP contribution < -0.4 is 10.6 Å². The van der Waals surface area contributed by atoms with E-state index < -0.39 is 0 Å². The fourth-order valence-corrected chi connectivity index (χ4v) is 2.77. The number of nitrogen functional groups attached to an aromatic ring is 1. The van der Waals surface area contributed by atoms with Crippen molar-refractivity contribution in [1.82, 2.24) is 10.2 Å². The average Bonchev–Trinajstić information content (AvgIpc) is 3.30. The van der Waals surface area contributed by atoms with Crippen LogP contribution in [-0.4, -0.2) is 23.3 Å². The zero-order valence-corrected chi connectivity index (χ0v) is 11.1. The standard InChI is InChI=1S/C15H20N4/c16-13-5-12-7-17-18-14(12)6-15(13)19(8-10-1-2-10)9-11-3-4-11/h5-7,10-11H,1-4,8-9,16H2,(H,17,18). The summed E-state index contributed by atoms with van der Waals surface area (Å²) >= 11 is 0. The summed E-state index contributed by atoms with van der Waals surface area (Å²) in [6, 6.07) is 4.21. The summed E-state index contributed by atoms with van der Waals surface area (Å²) in [6.45, 7) is 2.33. The van der Waals surface area contributed by atoms with Crippen molar-refractivity contribution >= 4 is 22.3 Å². The molecule has 3 N–H and O–H groups in total. The van der Waals surface area contributed by atoms with Crippen LogP contribution in [0.5, 0.6) is 0 Å². The lowest BCUT2D eigenvalue weighted by Crippen LogP contribution is -2.28. The second kappa shape index (κ2) is 4.15. The molecule has 0 bridgehead atoms. The number of nitrogens with zero attached hydrogens (tertiary/aromatic N) is 2. The van der Waals surface area contributed by atoms with Crippen molar-refractivity contribution in [3.8, 4) is 0 Å². The van der Waals surface area contributed by atoms with Crippen LogP contribution in [0.2, 0.25) is 0 Å². The molecule has 0 atom stereocenters. The summed E-state index contributed by atoms with van der Waals surface area (Å²) in [5.41, 5.74) is 9.41. The van der Waals surface area contributed by atoms with Gasteiger partial charge in [-0.15, -0.1) is 0 Å². The molecule has 100 valence electrons. The minimum atomic E-state index is 0.884. The van der Waals surface area contributed by atoms with Crippen LogP contribution in [0.25, 0.3) is 10.9 Å². The predicted molar refractivity (Wildman–Crippen MR) is 78.2 cm³/mol. The van der Waals surface area contributed by atoms with Crippen LogP contribution in [0.3, 0.4) is 0 Å². The van der Waals surface area contributed by atoms with Gasteiger partial charge in [0, 0.05) is 18.5 Å². The molecule has 0 radical (unpaired) electrons. The SMILES string of the molecule is Nc1cc2cn[nH]c2cc1N(CC1CC1)CC1CC1. The highest BCUT2D eigenvalue weighted by molar-refractivity contribution is 5.88. The van der Waals surface area contributed by atoms with E-state index in [9.17, 15) is 0 Å². The molecule has 4 heteroatoms. The van der Waals surface area contributed by atoms with Crippen LogP contribution in [0.15, 0.2) is 18.3 Å². The number of hydrogen-bond acceptors (Lipinski definition) is 3. The van der Waals surface area contributed by atoms with E-state index in [0.717, 1.165) is 28.4 Å². The van der Waals surface area contributed by atoms with E-state index in [1.54, 1.807) is 0 Å². The zero-order chi connectivity index (χ0) is 12.8. The van der Waals surface area contributed by atoms with Crippen LogP contribution in [0.1, 0.15) is 25.7 Å². The van der Waals surface area contributed by atoms with Crippen LogP contribution in [0, 0.1) is 11.8 Å². The van der Waals surface area contributed by atoms with Crippen molar-refractivity contribution in [2.75, 3.05) is 23.7 Å². The molecule has 2 saturated carbocycles. The Morgan fingerprint density at radius 3 is 2.47 bits per heavy atom. The lowest BCUT2D eigenvalue weighted by Gasteiger charge is -2.26. The number of nitrogens with one attached hydrogen (secondary N) is 1. The van der Waals surface area contributed by atoms with Gasteiger partial charge in [-0.05, 0) is 49.7 Å². The van der Waals surface area contributed by atoms with Gasteiger partial charge in [0.25, 0.3) is 0 Å². The molecule has 2 aliphatic rings. The number of rotatable bonds is 5. The molecule has 1 heterocycles. The Hall–Kier alpha value is -1.71. The zero-order valence-electron chi connectivity index (χ0n) is 11.1. The topological polar surface area (TPSA) is 57.9 Å². The predicted octanol–water partition coefficient (Wildman–Crippen LogP) is 2.77. The van der Waals surface area contributed by atoms with Gasteiger partial charge < -0.3 is 10.6 Å². The smallest absolute Gasteiger partial charge is 0.0672 e. The molecule has 1 aromatic heterocycles. The Morgan fingerprint density at radius 2 is 1.84 bits per heavy atom. The first-order chi connectivity index (χ1) is 9.29. The summed E-state index contributed by atoms with van der Waals surface area (Å²) in [5, 5.41) is 8.23. The molecule has 0 unspecified atom stereocenters. The van der Waals surface area contributed by atoms with Crippen molar-refractivity contribution in [2.45, 2.75) is 25.7 Å². The average molecular weight is 256 g/mol. The van der Waals surface area contributed by atoms with Gasteiger partial charge >= 0.3 is 0 Å². The van der Waals surface area contributed by atoms with Gasteiger partial charge in [0.1, 0.15) is 0 Å². The highest BCUT2D eigenvalue weighted by Gasteiger charge is 2.30. The van der Waals surface area contributed by atoms with E-state index in [1.807, 2.05) is 12.3 Å². The van der Waals surface area contributed by atoms with Gasteiger partial charge in [0.2, 0.25) is 0 Å². The molecule has 2 aromatic rings. The Bertz CT molecular complexity index is 581. The first-order valence-electron chi connectivity index (χ1n) is 7.27. The fourth-order valence-electron chi connectivity index (χ4n) is 2.77. The molecule has 0 spiro atoms. The third-order valence-corrected chi connectivity index (χ3v) is 4.28. The van der Waals surface area contributed by atoms with Crippen molar-refractivity contribution in [3.63, 3.8) is 0 Å². The van der Waals surface area contributed by atoms with Gasteiger partial charge in [-0.25, -0.2) is 0 Å². The second-order valence-electron chi connectivity index (χ2n) is 6.16. The van der Waals surface area contributed by atoms with E-state index in [0.29, 0.717) is 0 Å². The van der Waals surface area contributed by atoms with E-state index in [4.69, 9.17) is 5.73 Å². The van der Waals surface area contributed by atoms with E-state index >= 15 is 0 Å². The minimum Gasteiger partial charge on any atom is -0.397 e. The number of hydrogen-bond donors (Lipinski definition) is 2. The first-order valence-corrected chi connectivity index (χ1v) is 7.27. The van der Waals surface area contributed by atoms with Crippen molar-refractivity contribution in [2.24, 2.45) is 11.8 Å². The Morgan fingerprint density at radius 1 is 1.16 bits per heavy atom. The highest BCUT2D eigenvalue weighted by atomic mass is 15.2. The highest BCUT2D eigenvalue weighted by Crippen LogP contribution is 2.38. The summed E-state index contributed by atoms with van der Waals surface area (Å²) in [7, 11) is 0.